The van der Waals surface area contributed by atoms with Gasteiger partial charge in [-0.1, -0.05) is 0 Å². The standard InChI is InChI=1S/C21H25NO6S/c1-5-27-21(25)20-13(2)11-19(29-20)22-18(24)7-6-10-28-16-9-8-15(14(3)23)12-17(16)26-4/h8-9,11-12H,5-7,10H2,1-4H3,(H,22,24). The Kier molecular flexibility index (Phi) is 8.21. The summed E-state index contributed by atoms with van der Waals surface area (Å²) in [4.78, 5) is 35.9. The number of rotatable bonds is 10. The van der Waals surface area contributed by atoms with E-state index in [1.165, 1.54) is 25.4 Å². The van der Waals surface area contributed by atoms with E-state index in [1.807, 2.05) is 0 Å². The lowest BCUT2D eigenvalue weighted by Gasteiger charge is -2.11. The van der Waals surface area contributed by atoms with Crippen molar-refractivity contribution in [1.29, 1.82) is 0 Å². The minimum absolute atomic E-state index is 0.0542. The van der Waals surface area contributed by atoms with Crippen molar-refractivity contribution in [3.8, 4) is 11.5 Å². The molecule has 1 aromatic heterocycles. The van der Waals surface area contributed by atoms with Gasteiger partial charge in [0.15, 0.2) is 17.3 Å². The van der Waals surface area contributed by atoms with Crippen molar-refractivity contribution in [1.82, 2.24) is 0 Å². The molecule has 8 heteroatoms. The maximum absolute atomic E-state index is 12.1. The zero-order chi connectivity index (χ0) is 21.4. The molecule has 1 N–H and O–H groups in total. The number of ether oxygens (including phenoxy) is 3. The smallest absolute Gasteiger partial charge is 0.348 e. The van der Waals surface area contributed by atoms with E-state index in [0.29, 0.717) is 46.6 Å². The maximum Gasteiger partial charge on any atom is 0.348 e. The molecule has 0 aliphatic heterocycles. The Balaban J connectivity index is 1.83. The highest BCUT2D eigenvalue weighted by Crippen LogP contribution is 2.29. The Labute approximate surface area is 174 Å². The van der Waals surface area contributed by atoms with Crippen LogP contribution < -0.4 is 14.8 Å². The first-order valence-corrected chi connectivity index (χ1v) is 10.1. The minimum atomic E-state index is -0.381. The second-order valence-corrected chi connectivity index (χ2v) is 7.32. The van der Waals surface area contributed by atoms with Crippen LogP contribution in [0.5, 0.6) is 11.5 Å². The molecule has 7 nitrogen and oxygen atoms in total. The van der Waals surface area contributed by atoms with Gasteiger partial charge in [0.25, 0.3) is 0 Å². The van der Waals surface area contributed by atoms with Gasteiger partial charge in [-0.3, -0.25) is 9.59 Å². The molecule has 0 aliphatic rings. The Morgan fingerprint density at radius 1 is 1.14 bits per heavy atom. The number of amides is 1. The fraction of sp³-hybridized carbons (Fsp3) is 0.381. The van der Waals surface area contributed by atoms with E-state index >= 15 is 0 Å². The van der Waals surface area contributed by atoms with Crippen LogP contribution in [0.4, 0.5) is 5.00 Å². The molecule has 0 bridgehead atoms. The van der Waals surface area contributed by atoms with E-state index in [9.17, 15) is 14.4 Å². The molecule has 1 heterocycles. The Morgan fingerprint density at radius 3 is 2.55 bits per heavy atom. The van der Waals surface area contributed by atoms with Gasteiger partial charge < -0.3 is 19.5 Å². The molecule has 0 unspecified atom stereocenters. The number of hydrogen-bond acceptors (Lipinski definition) is 7. The molecule has 0 saturated carbocycles. The minimum Gasteiger partial charge on any atom is -0.493 e. The average molecular weight is 419 g/mol. The Bertz CT molecular complexity index is 889. The summed E-state index contributed by atoms with van der Waals surface area (Å²) in [7, 11) is 1.51. The topological polar surface area (TPSA) is 90.9 Å². The molecular weight excluding hydrogens is 394 g/mol. The predicted octanol–water partition coefficient (Wildman–Crippen LogP) is 4.24. The molecule has 0 aliphatic carbocycles. The molecule has 0 atom stereocenters. The zero-order valence-electron chi connectivity index (χ0n) is 17.0. The van der Waals surface area contributed by atoms with Crippen molar-refractivity contribution in [2.24, 2.45) is 0 Å². The summed E-state index contributed by atoms with van der Waals surface area (Å²) in [5.74, 6) is 0.396. The van der Waals surface area contributed by atoms with Crippen LogP contribution in [0.15, 0.2) is 24.3 Å². The van der Waals surface area contributed by atoms with Gasteiger partial charge in [-0.05, 0) is 57.0 Å². The molecule has 2 rings (SSSR count). The molecule has 0 fully saturated rings. The van der Waals surface area contributed by atoms with Crippen LogP contribution >= 0.6 is 11.3 Å². The summed E-state index contributed by atoms with van der Waals surface area (Å²) < 4.78 is 15.9. The van der Waals surface area contributed by atoms with Gasteiger partial charge in [-0.15, -0.1) is 11.3 Å². The van der Waals surface area contributed by atoms with Crippen molar-refractivity contribution in [3.63, 3.8) is 0 Å². The fourth-order valence-corrected chi connectivity index (χ4v) is 3.55. The molecule has 29 heavy (non-hydrogen) atoms. The number of ketones is 1. The van der Waals surface area contributed by atoms with Gasteiger partial charge in [0.05, 0.1) is 25.3 Å². The number of carbonyl (C=O) groups is 3. The molecule has 1 amide bonds. The first-order chi connectivity index (χ1) is 13.8. The van der Waals surface area contributed by atoms with Crippen LogP contribution in [0, 0.1) is 6.92 Å². The quantitative estimate of drug-likeness (QED) is 0.352. The number of Topliss-reactive ketones (excluding diaryl/α,β-unsaturated/α-hetero) is 1. The van der Waals surface area contributed by atoms with Crippen molar-refractivity contribution in [2.45, 2.75) is 33.6 Å². The molecule has 0 radical (unpaired) electrons. The molecule has 2 aromatic rings. The van der Waals surface area contributed by atoms with Gasteiger partial charge in [0.2, 0.25) is 5.91 Å². The third-order valence-corrected chi connectivity index (χ3v) is 5.15. The van der Waals surface area contributed by atoms with Gasteiger partial charge >= 0.3 is 5.97 Å². The number of esters is 1. The lowest BCUT2D eigenvalue weighted by molar-refractivity contribution is -0.116. The fourth-order valence-electron chi connectivity index (χ4n) is 2.56. The zero-order valence-corrected chi connectivity index (χ0v) is 17.8. The van der Waals surface area contributed by atoms with Crippen molar-refractivity contribution < 1.29 is 28.6 Å². The van der Waals surface area contributed by atoms with Gasteiger partial charge in [0, 0.05) is 12.0 Å². The van der Waals surface area contributed by atoms with E-state index in [-0.39, 0.29) is 24.1 Å². The van der Waals surface area contributed by atoms with Crippen LogP contribution in [-0.2, 0) is 9.53 Å². The Hall–Kier alpha value is -2.87. The molecule has 1 aromatic carbocycles. The normalized spacial score (nSPS) is 10.3. The van der Waals surface area contributed by atoms with Gasteiger partial charge in [0.1, 0.15) is 4.88 Å². The molecule has 0 spiro atoms. The number of aryl methyl sites for hydroxylation is 1. The number of methoxy groups -OCH3 is 1. The van der Waals surface area contributed by atoms with Crippen LogP contribution in [0.3, 0.4) is 0 Å². The van der Waals surface area contributed by atoms with Crippen LogP contribution in [0.2, 0.25) is 0 Å². The maximum atomic E-state index is 12.1. The third-order valence-electron chi connectivity index (χ3n) is 4.02. The number of benzene rings is 1. The van der Waals surface area contributed by atoms with E-state index in [1.54, 1.807) is 38.1 Å². The number of hydrogen-bond donors (Lipinski definition) is 1. The number of nitrogens with one attached hydrogen (secondary N) is 1. The Morgan fingerprint density at radius 2 is 1.90 bits per heavy atom. The summed E-state index contributed by atoms with van der Waals surface area (Å²) >= 11 is 1.20. The van der Waals surface area contributed by atoms with E-state index in [0.717, 1.165) is 5.56 Å². The molecular formula is C21H25NO6S. The molecule has 156 valence electrons. The average Bonchev–Trinajstić information content (AvgIpc) is 3.05. The summed E-state index contributed by atoms with van der Waals surface area (Å²) in [6, 6.07) is 6.74. The van der Waals surface area contributed by atoms with Crippen molar-refractivity contribution >= 4 is 34.0 Å². The number of thiophene rings is 1. The number of carbonyl (C=O) groups excluding carboxylic acids is 3. The highest BCUT2D eigenvalue weighted by atomic mass is 32.1. The predicted molar refractivity (Wildman–Crippen MR) is 111 cm³/mol. The van der Waals surface area contributed by atoms with E-state index < -0.39 is 0 Å². The van der Waals surface area contributed by atoms with E-state index in [2.05, 4.69) is 5.32 Å². The summed E-state index contributed by atoms with van der Waals surface area (Å²) in [6.07, 6.45) is 0.762. The van der Waals surface area contributed by atoms with Crippen LogP contribution in [-0.4, -0.2) is 38.0 Å². The largest absolute Gasteiger partial charge is 0.493 e. The van der Waals surface area contributed by atoms with Gasteiger partial charge in [-0.25, -0.2) is 4.79 Å². The first-order valence-electron chi connectivity index (χ1n) is 9.24. The summed E-state index contributed by atoms with van der Waals surface area (Å²) in [5, 5.41) is 3.40. The third kappa shape index (κ3) is 6.32. The van der Waals surface area contributed by atoms with Crippen molar-refractivity contribution in [3.05, 3.63) is 40.3 Å². The summed E-state index contributed by atoms with van der Waals surface area (Å²) in [5.41, 5.74) is 1.31. The van der Waals surface area contributed by atoms with Gasteiger partial charge in [-0.2, -0.15) is 0 Å². The first kappa shape index (κ1) is 22.4. The second-order valence-electron chi connectivity index (χ2n) is 6.27. The second kappa shape index (κ2) is 10.6. The van der Waals surface area contributed by atoms with Crippen LogP contribution in [0.1, 0.15) is 52.3 Å². The monoisotopic (exact) mass is 419 g/mol. The number of anilines is 1. The van der Waals surface area contributed by atoms with Crippen molar-refractivity contribution in [2.75, 3.05) is 25.6 Å². The lowest BCUT2D eigenvalue weighted by atomic mass is 10.1. The summed E-state index contributed by atoms with van der Waals surface area (Å²) in [6.45, 7) is 5.66. The lowest BCUT2D eigenvalue weighted by Crippen LogP contribution is -2.12. The highest BCUT2D eigenvalue weighted by Gasteiger charge is 2.16. The SMILES string of the molecule is CCOC(=O)c1sc(NC(=O)CCCOc2ccc(C(C)=O)cc2OC)cc1C. The molecule has 0 saturated heterocycles. The highest BCUT2D eigenvalue weighted by molar-refractivity contribution is 7.18. The van der Waals surface area contributed by atoms with E-state index in [4.69, 9.17) is 14.2 Å². The van der Waals surface area contributed by atoms with Crippen LogP contribution in [0.25, 0.3) is 0 Å².